The number of rotatable bonds is 6. The maximum Gasteiger partial charge on any atom is 0.240 e. The van der Waals surface area contributed by atoms with Crippen LogP contribution in [-0.2, 0) is 0 Å². The van der Waals surface area contributed by atoms with Crippen molar-refractivity contribution in [1.29, 1.82) is 0 Å². The lowest BCUT2D eigenvalue weighted by Gasteiger charge is -2.15. The van der Waals surface area contributed by atoms with Crippen LogP contribution in [0.25, 0.3) is 0 Å². The Kier molecular flexibility index (Phi) is 7.88. The van der Waals surface area contributed by atoms with Crippen molar-refractivity contribution in [3.05, 3.63) is 118 Å². The number of aliphatic hydroxyl groups is 1. The Morgan fingerprint density at radius 3 is 1.67 bits per heavy atom. The summed E-state index contributed by atoms with van der Waals surface area (Å²) in [5, 5.41) is 21.3. The number of carbonyl (C=O) groups excluding carboxylic acids is 1. The second kappa shape index (κ2) is 10.6. The summed E-state index contributed by atoms with van der Waals surface area (Å²) in [5.41, 5.74) is 2.04. The number of aliphatic hydroxyl groups excluding tert-OH is 1. The van der Waals surface area contributed by atoms with Gasteiger partial charge in [0.25, 0.3) is 0 Å². The quantitative estimate of drug-likeness (QED) is 0.393. The molecule has 138 valence electrons. The van der Waals surface area contributed by atoms with Gasteiger partial charge in [0.2, 0.25) is 6.04 Å². The third-order valence-electron chi connectivity index (χ3n) is 4.01. The van der Waals surface area contributed by atoms with Gasteiger partial charge in [0.15, 0.2) is 0 Å². The van der Waals surface area contributed by atoms with Crippen LogP contribution in [0.4, 0.5) is 0 Å². The summed E-state index contributed by atoms with van der Waals surface area (Å²) in [4.78, 5) is 20.8. The molecule has 3 aromatic carbocycles. The largest absolute Gasteiger partial charge is 0.388 e. The topological polar surface area (TPSA) is 80.4 Å². The van der Waals surface area contributed by atoms with Gasteiger partial charge in [-0.25, -0.2) is 0 Å². The van der Waals surface area contributed by atoms with E-state index in [1.54, 1.807) is 48.5 Å². The Hall–Kier alpha value is -3.31. The van der Waals surface area contributed by atoms with E-state index in [4.69, 9.17) is 0 Å². The maximum absolute atomic E-state index is 11.2. The number of nitrogens with zero attached hydrogens (tertiary/aromatic N) is 1. The zero-order valence-corrected chi connectivity index (χ0v) is 14.7. The minimum Gasteiger partial charge on any atom is -0.388 e. The third kappa shape index (κ3) is 6.49. The summed E-state index contributed by atoms with van der Waals surface area (Å²) >= 11 is 0. The SMILES string of the molecule is O=Cc1ccccc1.O=[N+]([O-])C(CC(O)c1ccccc1)c1ccccc1. The number of carbonyl (C=O) groups is 1. The molecule has 2 atom stereocenters. The van der Waals surface area contributed by atoms with Crippen LogP contribution in [0.1, 0.15) is 40.1 Å². The second-order valence-corrected chi connectivity index (χ2v) is 5.90. The summed E-state index contributed by atoms with van der Waals surface area (Å²) in [5.74, 6) is 0. The first-order chi connectivity index (χ1) is 13.1. The molecule has 0 radical (unpaired) electrons. The molecule has 2 unspecified atom stereocenters. The fraction of sp³-hybridized carbons (Fsp3) is 0.136. The van der Waals surface area contributed by atoms with Crippen LogP contribution in [0, 0.1) is 10.1 Å². The van der Waals surface area contributed by atoms with Gasteiger partial charge in [0.05, 0.1) is 6.10 Å². The van der Waals surface area contributed by atoms with E-state index in [0.29, 0.717) is 11.1 Å². The van der Waals surface area contributed by atoms with Gasteiger partial charge >= 0.3 is 0 Å². The molecule has 5 nitrogen and oxygen atoms in total. The fourth-order valence-electron chi connectivity index (χ4n) is 2.57. The molecule has 3 aromatic rings. The summed E-state index contributed by atoms with van der Waals surface area (Å²) in [6, 6.07) is 26.0. The Labute approximate surface area is 158 Å². The van der Waals surface area contributed by atoms with E-state index < -0.39 is 12.1 Å². The molecule has 5 heteroatoms. The van der Waals surface area contributed by atoms with Gasteiger partial charge in [-0.1, -0.05) is 91.0 Å². The average molecular weight is 363 g/mol. The molecule has 0 saturated carbocycles. The maximum atomic E-state index is 11.2. The number of aldehydes is 1. The highest BCUT2D eigenvalue weighted by Crippen LogP contribution is 2.28. The van der Waals surface area contributed by atoms with Crippen molar-refractivity contribution < 1.29 is 14.8 Å². The zero-order chi connectivity index (χ0) is 19.5. The minimum absolute atomic E-state index is 0.0705. The lowest BCUT2D eigenvalue weighted by atomic mass is 9.97. The Morgan fingerprint density at radius 1 is 0.815 bits per heavy atom. The third-order valence-corrected chi connectivity index (χ3v) is 4.01. The van der Waals surface area contributed by atoms with Gasteiger partial charge < -0.3 is 5.11 Å². The van der Waals surface area contributed by atoms with Crippen molar-refractivity contribution in [3.63, 3.8) is 0 Å². The summed E-state index contributed by atoms with van der Waals surface area (Å²) in [7, 11) is 0. The van der Waals surface area contributed by atoms with Gasteiger partial charge in [-0.15, -0.1) is 0 Å². The van der Waals surface area contributed by atoms with Crippen LogP contribution in [-0.4, -0.2) is 16.3 Å². The van der Waals surface area contributed by atoms with E-state index in [1.165, 1.54) is 0 Å². The van der Waals surface area contributed by atoms with Crippen molar-refractivity contribution in [2.45, 2.75) is 18.6 Å². The number of benzene rings is 3. The molecule has 0 aromatic heterocycles. The monoisotopic (exact) mass is 363 g/mol. The van der Waals surface area contributed by atoms with Gasteiger partial charge in [-0.05, 0) is 5.56 Å². The van der Waals surface area contributed by atoms with E-state index in [2.05, 4.69) is 0 Å². The van der Waals surface area contributed by atoms with Crippen molar-refractivity contribution in [1.82, 2.24) is 0 Å². The smallest absolute Gasteiger partial charge is 0.240 e. The molecule has 0 spiro atoms. The fourth-order valence-corrected chi connectivity index (χ4v) is 2.57. The summed E-state index contributed by atoms with van der Waals surface area (Å²) in [6.45, 7) is 0. The predicted octanol–water partition coefficient (Wildman–Crippen LogP) is 4.63. The molecule has 0 aliphatic carbocycles. The average Bonchev–Trinajstić information content (AvgIpc) is 2.74. The van der Waals surface area contributed by atoms with Gasteiger partial charge in [-0.2, -0.15) is 0 Å². The number of hydrogen-bond donors (Lipinski definition) is 1. The number of nitro groups is 1. The first-order valence-electron chi connectivity index (χ1n) is 8.53. The molecule has 0 amide bonds. The predicted molar refractivity (Wildman–Crippen MR) is 104 cm³/mol. The van der Waals surface area contributed by atoms with E-state index in [9.17, 15) is 20.0 Å². The van der Waals surface area contributed by atoms with Crippen molar-refractivity contribution >= 4 is 6.29 Å². The van der Waals surface area contributed by atoms with E-state index in [-0.39, 0.29) is 11.3 Å². The lowest BCUT2D eigenvalue weighted by Crippen LogP contribution is -2.14. The van der Waals surface area contributed by atoms with E-state index in [0.717, 1.165) is 11.8 Å². The molecule has 0 heterocycles. The van der Waals surface area contributed by atoms with Crippen LogP contribution in [0.15, 0.2) is 91.0 Å². The highest BCUT2D eigenvalue weighted by Gasteiger charge is 2.26. The minimum atomic E-state index is -0.892. The van der Waals surface area contributed by atoms with Crippen molar-refractivity contribution in [2.24, 2.45) is 0 Å². The van der Waals surface area contributed by atoms with Gasteiger partial charge in [0.1, 0.15) is 6.29 Å². The summed E-state index contributed by atoms with van der Waals surface area (Å²) < 4.78 is 0. The molecule has 0 fully saturated rings. The highest BCUT2D eigenvalue weighted by atomic mass is 16.6. The first kappa shape index (κ1) is 20.0. The molecule has 27 heavy (non-hydrogen) atoms. The molecule has 0 aliphatic rings. The second-order valence-electron chi connectivity index (χ2n) is 5.90. The molecule has 3 rings (SSSR count). The normalized spacial score (nSPS) is 12.2. The van der Waals surface area contributed by atoms with Crippen LogP contribution in [0.2, 0.25) is 0 Å². The van der Waals surface area contributed by atoms with Crippen LogP contribution < -0.4 is 0 Å². The molecule has 0 bridgehead atoms. The molecular weight excluding hydrogens is 342 g/mol. The van der Waals surface area contributed by atoms with Crippen LogP contribution >= 0.6 is 0 Å². The summed E-state index contributed by atoms with van der Waals surface area (Å²) in [6.07, 6.45) is 0.0675. The van der Waals surface area contributed by atoms with E-state index >= 15 is 0 Å². The Morgan fingerprint density at radius 2 is 1.26 bits per heavy atom. The molecular formula is C22H21NO4. The molecule has 0 aliphatic heterocycles. The lowest BCUT2D eigenvalue weighted by molar-refractivity contribution is -0.532. The Balaban J connectivity index is 0.000000273. The highest BCUT2D eigenvalue weighted by molar-refractivity contribution is 5.74. The standard InChI is InChI=1S/C15H15NO3.C7H6O/c17-15(13-9-5-2-6-10-13)11-14(16(18)19)12-7-3-1-4-8-12;8-6-7-4-2-1-3-5-7/h1-10,14-15,17H,11H2;1-6H. The molecule has 1 N–H and O–H groups in total. The van der Waals surface area contributed by atoms with Crippen LogP contribution in [0.5, 0.6) is 0 Å². The Bertz CT molecular complexity index is 823. The molecule has 0 saturated heterocycles. The van der Waals surface area contributed by atoms with E-state index in [1.807, 2.05) is 42.5 Å². The van der Waals surface area contributed by atoms with Crippen molar-refractivity contribution in [3.8, 4) is 0 Å². The van der Waals surface area contributed by atoms with Crippen LogP contribution in [0.3, 0.4) is 0 Å². The first-order valence-corrected chi connectivity index (χ1v) is 8.53. The zero-order valence-electron chi connectivity index (χ0n) is 14.7. The van der Waals surface area contributed by atoms with Gasteiger partial charge in [0, 0.05) is 22.5 Å². The van der Waals surface area contributed by atoms with Gasteiger partial charge in [-0.3, -0.25) is 14.9 Å². The van der Waals surface area contributed by atoms with Crippen molar-refractivity contribution in [2.75, 3.05) is 0 Å². The number of hydrogen-bond acceptors (Lipinski definition) is 4.